The standard InChI is InChI=1S/C21H20N4O4S/c1-13-22-16-10-14(2-5-19(16)30-13)23-20(26)12-24-6-7-25(21(24)27)15-3-4-17-18(11-15)29-9-8-28-17/h2-5,10-11H,6-9,12H2,1H3,(H,23,26). The van der Waals surface area contributed by atoms with Gasteiger partial charge in [0.25, 0.3) is 0 Å². The molecule has 1 N–H and O–H groups in total. The van der Waals surface area contributed by atoms with Crippen molar-refractivity contribution in [3.8, 4) is 11.5 Å². The average molecular weight is 424 g/mol. The first-order chi connectivity index (χ1) is 14.6. The molecule has 2 aliphatic heterocycles. The van der Waals surface area contributed by atoms with Gasteiger partial charge in [0.2, 0.25) is 5.91 Å². The molecule has 1 saturated heterocycles. The molecule has 3 heterocycles. The quantitative estimate of drug-likeness (QED) is 0.695. The number of thiazole rings is 1. The van der Waals surface area contributed by atoms with Crippen LogP contribution < -0.4 is 19.7 Å². The number of hydrogen-bond acceptors (Lipinski definition) is 6. The van der Waals surface area contributed by atoms with Crippen LogP contribution in [0.25, 0.3) is 10.2 Å². The number of hydrogen-bond donors (Lipinski definition) is 1. The molecular formula is C21H20N4O4S. The van der Waals surface area contributed by atoms with Crippen LogP contribution in [0.15, 0.2) is 36.4 Å². The number of aryl methyl sites for hydroxylation is 1. The maximum atomic E-state index is 12.8. The third-order valence-electron chi connectivity index (χ3n) is 5.05. The highest BCUT2D eigenvalue weighted by Gasteiger charge is 2.31. The van der Waals surface area contributed by atoms with Crippen LogP contribution in [-0.2, 0) is 4.79 Å². The van der Waals surface area contributed by atoms with E-state index < -0.39 is 0 Å². The average Bonchev–Trinajstić information content (AvgIpc) is 3.29. The second-order valence-corrected chi connectivity index (χ2v) is 8.38. The molecule has 1 fully saturated rings. The third-order valence-corrected chi connectivity index (χ3v) is 6.00. The fraction of sp³-hybridized carbons (Fsp3) is 0.286. The molecule has 9 heteroatoms. The fourth-order valence-electron chi connectivity index (χ4n) is 3.66. The highest BCUT2D eigenvalue weighted by atomic mass is 32.1. The second kappa shape index (κ2) is 7.49. The number of carbonyl (C=O) groups excluding carboxylic acids is 2. The summed E-state index contributed by atoms with van der Waals surface area (Å²) < 4.78 is 12.2. The minimum absolute atomic E-state index is 0.00594. The van der Waals surface area contributed by atoms with Crippen LogP contribution in [0.2, 0.25) is 0 Å². The Balaban J connectivity index is 1.24. The molecule has 5 rings (SSSR count). The van der Waals surface area contributed by atoms with E-state index in [1.807, 2.05) is 37.3 Å². The molecule has 0 spiro atoms. The number of nitrogens with one attached hydrogen (secondary N) is 1. The lowest BCUT2D eigenvalue weighted by molar-refractivity contribution is -0.116. The molecule has 0 atom stereocenters. The molecule has 8 nitrogen and oxygen atoms in total. The lowest BCUT2D eigenvalue weighted by Gasteiger charge is -2.22. The maximum absolute atomic E-state index is 12.8. The van der Waals surface area contributed by atoms with Gasteiger partial charge in [-0.3, -0.25) is 9.69 Å². The van der Waals surface area contributed by atoms with E-state index >= 15 is 0 Å². The summed E-state index contributed by atoms with van der Waals surface area (Å²) in [6.45, 7) is 3.94. The fourth-order valence-corrected chi connectivity index (χ4v) is 4.47. The van der Waals surface area contributed by atoms with Gasteiger partial charge in [-0.05, 0) is 37.3 Å². The molecule has 2 aromatic carbocycles. The highest BCUT2D eigenvalue weighted by Crippen LogP contribution is 2.35. The Morgan fingerprint density at radius 3 is 2.83 bits per heavy atom. The summed E-state index contributed by atoms with van der Waals surface area (Å²) in [4.78, 5) is 33.0. The van der Waals surface area contributed by atoms with Gasteiger partial charge in [0.15, 0.2) is 11.5 Å². The van der Waals surface area contributed by atoms with Gasteiger partial charge in [0.05, 0.1) is 15.2 Å². The van der Waals surface area contributed by atoms with Crippen molar-refractivity contribution in [2.45, 2.75) is 6.92 Å². The summed E-state index contributed by atoms with van der Waals surface area (Å²) >= 11 is 1.61. The van der Waals surface area contributed by atoms with E-state index in [9.17, 15) is 9.59 Å². The number of aromatic nitrogens is 1. The largest absolute Gasteiger partial charge is 0.486 e. The molecule has 0 saturated carbocycles. The first-order valence-electron chi connectivity index (χ1n) is 9.70. The summed E-state index contributed by atoms with van der Waals surface area (Å²) in [5.41, 5.74) is 2.27. The van der Waals surface area contributed by atoms with E-state index in [1.165, 1.54) is 4.90 Å². The minimum atomic E-state index is -0.237. The zero-order valence-electron chi connectivity index (χ0n) is 16.4. The van der Waals surface area contributed by atoms with Gasteiger partial charge in [-0.2, -0.15) is 0 Å². The number of ether oxygens (including phenoxy) is 2. The summed E-state index contributed by atoms with van der Waals surface area (Å²) in [7, 11) is 0. The number of nitrogens with zero attached hydrogens (tertiary/aromatic N) is 3. The number of fused-ring (bicyclic) bond motifs is 2. The number of carbonyl (C=O) groups is 2. The highest BCUT2D eigenvalue weighted by molar-refractivity contribution is 7.18. The van der Waals surface area contributed by atoms with Crippen LogP contribution in [-0.4, -0.2) is 54.7 Å². The van der Waals surface area contributed by atoms with E-state index in [0.29, 0.717) is 43.5 Å². The van der Waals surface area contributed by atoms with Gasteiger partial charge in [-0.1, -0.05) is 0 Å². The van der Waals surface area contributed by atoms with Crippen LogP contribution >= 0.6 is 11.3 Å². The molecule has 0 radical (unpaired) electrons. The molecule has 2 aliphatic rings. The molecular weight excluding hydrogens is 404 g/mol. The van der Waals surface area contributed by atoms with Crippen molar-refractivity contribution in [2.24, 2.45) is 0 Å². The Bertz CT molecular complexity index is 1150. The summed E-state index contributed by atoms with van der Waals surface area (Å²) in [5, 5.41) is 3.84. The number of rotatable bonds is 4. The smallest absolute Gasteiger partial charge is 0.325 e. The van der Waals surface area contributed by atoms with Gasteiger partial charge >= 0.3 is 6.03 Å². The van der Waals surface area contributed by atoms with Gasteiger partial charge in [-0.25, -0.2) is 9.78 Å². The lowest BCUT2D eigenvalue weighted by Crippen LogP contribution is -2.37. The van der Waals surface area contributed by atoms with E-state index in [0.717, 1.165) is 20.9 Å². The van der Waals surface area contributed by atoms with Gasteiger partial charge in [-0.15, -0.1) is 11.3 Å². The normalized spacial score (nSPS) is 15.7. The van der Waals surface area contributed by atoms with Crippen molar-refractivity contribution >= 4 is 44.9 Å². The zero-order chi connectivity index (χ0) is 20.7. The monoisotopic (exact) mass is 424 g/mol. The van der Waals surface area contributed by atoms with Gasteiger partial charge in [0, 0.05) is 30.5 Å². The second-order valence-electron chi connectivity index (χ2n) is 7.15. The van der Waals surface area contributed by atoms with Crippen LogP contribution in [0, 0.1) is 6.92 Å². The molecule has 1 aromatic heterocycles. The summed E-state index contributed by atoms with van der Waals surface area (Å²) in [6.07, 6.45) is 0. The number of amides is 3. The maximum Gasteiger partial charge on any atom is 0.325 e. The predicted molar refractivity (Wildman–Crippen MR) is 115 cm³/mol. The number of urea groups is 1. The molecule has 3 aromatic rings. The van der Waals surface area contributed by atoms with Gasteiger partial charge in [0.1, 0.15) is 19.8 Å². The third kappa shape index (κ3) is 3.52. The molecule has 0 aliphatic carbocycles. The van der Waals surface area contributed by atoms with Crippen LogP contribution in [0.3, 0.4) is 0 Å². The zero-order valence-corrected chi connectivity index (χ0v) is 17.2. The van der Waals surface area contributed by atoms with Gasteiger partial charge < -0.3 is 19.7 Å². The minimum Gasteiger partial charge on any atom is -0.486 e. The molecule has 154 valence electrons. The molecule has 3 amide bonds. The Kier molecular flexibility index (Phi) is 4.66. The van der Waals surface area contributed by atoms with E-state index in [1.54, 1.807) is 22.3 Å². The van der Waals surface area contributed by atoms with Crippen LogP contribution in [0.4, 0.5) is 16.2 Å². The number of benzene rings is 2. The van der Waals surface area contributed by atoms with Crippen LogP contribution in [0.1, 0.15) is 5.01 Å². The summed E-state index contributed by atoms with van der Waals surface area (Å²) in [5.74, 6) is 1.08. The van der Waals surface area contributed by atoms with Crippen molar-refractivity contribution in [3.63, 3.8) is 0 Å². The van der Waals surface area contributed by atoms with Crippen molar-refractivity contribution < 1.29 is 19.1 Å². The number of anilines is 2. The SMILES string of the molecule is Cc1nc2cc(NC(=O)CN3CCN(c4ccc5c(c4)OCCO5)C3=O)ccc2s1. The molecule has 30 heavy (non-hydrogen) atoms. The summed E-state index contributed by atoms with van der Waals surface area (Å²) in [6, 6.07) is 10.9. The van der Waals surface area contributed by atoms with Crippen molar-refractivity contribution in [1.82, 2.24) is 9.88 Å². The lowest BCUT2D eigenvalue weighted by atomic mass is 10.2. The first kappa shape index (κ1) is 18.7. The van der Waals surface area contributed by atoms with E-state index in [-0.39, 0.29) is 18.5 Å². The van der Waals surface area contributed by atoms with Crippen molar-refractivity contribution in [1.29, 1.82) is 0 Å². The molecule has 0 bridgehead atoms. The first-order valence-corrected chi connectivity index (χ1v) is 10.5. The van der Waals surface area contributed by atoms with Crippen molar-refractivity contribution in [2.75, 3.05) is 43.1 Å². The Morgan fingerprint density at radius 1 is 1.13 bits per heavy atom. The Hall–Kier alpha value is -3.33. The van der Waals surface area contributed by atoms with E-state index in [4.69, 9.17) is 9.47 Å². The Morgan fingerprint density at radius 2 is 1.97 bits per heavy atom. The van der Waals surface area contributed by atoms with Crippen LogP contribution in [0.5, 0.6) is 11.5 Å². The topological polar surface area (TPSA) is 84.0 Å². The molecule has 0 unspecified atom stereocenters. The Labute approximate surface area is 177 Å². The predicted octanol–water partition coefficient (Wildman–Crippen LogP) is 3.26. The van der Waals surface area contributed by atoms with E-state index in [2.05, 4.69) is 10.3 Å². The van der Waals surface area contributed by atoms with Crippen molar-refractivity contribution in [3.05, 3.63) is 41.4 Å².